The maximum absolute atomic E-state index is 13.1. The third-order valence-corrected chi connectivity index (χ3v) is 7.90. The van der Waals surface area contributed by atoms with Crippen LogP contribution >= 0.6 is 11.6 Å². The lowest BCUT2D eigenvalue weighted by atomic mass is 10.2. The van der Waals surface area contributed by atoms with Crippen molar-refractivity contribution < 1.29 is 30.4 Å². The molecule has 2 heterocycles. The molecule has 13 heteroatoms. The fraction of sp³-hybridized carbons (Fsp3) is 0.158. The Morgan fingerprint density at radius 3 is 2.41 bits per heavy atom. The molecule has 168 valence electrons. The fourth-order valence-corrected chi connectivity index (χ4v) is 5.86. The van der Waals surface area contributed by atoms with Crippen LogP contribution in [0.15, 0.2) is 53.4 Å². The second kappa shape index (κ2) is 7.94. The molecule has 1 aliphatic rings. The van der Waals surface area contributed by atoms with E-state index in [2.05, 4.69) is 10.4 Å². The van der Waals surface area contributed by atoms with Gasteiger partial charge < -0.3 is 5.32 Å². The maximum atomic E-state index is 13.1. The Kier molecular flexibility index (Phi) is 5.55. The number of hydrogen-bond acceptors (Lipinski definition) is 6. The Hall–Kier alpha value is -2.83. The highest BCUT2D eigenvalue weighted by Crippen LogP contribution is 2.34. The average molecular weight is 502 g/mol. The first-order valence-electron chi connectivity index (χ1n) is 8.99. The normalized spacial score (nSPS) is 15.0. The molecule has 8 nitrogen and oxygen atoms in total. The first-order chi connectivity index (χ1) is 15.0. The highest BCUT2D eigenvalue weighted by Gasteiger charge is 2.35. The number of carbonyl (C=O) groups is 1. The predicted octanol–water partition coefficient (Wildman–Crippen LogP) is 3.20. The molecule has 32 heavy (non-hydrogen) atoms. The van der Waals surface area contributed by atoms with Gasteiger partial charge >= 0.3 is 5.76 Å². The van der Waals surface area contributed by atoms with Gasteiger partial charge in [0.25, 0.3) is 5.91 Å². The molecule has 0 aliphatic carbocycles. The minimum atomic E-state index is -5.06. The number of alkyl halides is 2. The van der Waals surface area contributed by atoms with E-state index < -0.39 is 41.8 Å². The number of amides is 1. The zero-order chi connectivity index (χ0) is 23.3. The summed E-state index contributed by atoms with van der Waals surface area (Å²) in [5.41, 5.74) is 0.405. The third kappa shape index (κ3) is 4.00. The summed E-state index contributed by atoms with van der Waals surface area (Å²) in [6.45, 7) is 0. The van der Waals surface area contributed by atoms with Gasteiger partial charge in [0.1, 0.15) is 5.82 Å². The molecule has 0 radical (unpaired) electrons. The molecule has 1 amide bonds. The highest BCUT2D eigenvalue weighted by atomic mass is 35.5. The second-order valence-corrected chi connectivity index (χ2v) is 11.3. The van der Waals surface area contributed by atoms with Crippen LogP contribution in [0.3, 0.4) is 0 Å². The van der Waals surface area contributed by atoms with Gasteiger partial charge in [0.15, 0.2) is 9.84 Å². The Morgan fingerprint density at radius 2 is 1.75 bits per heavy atom. The minimum absolute atomic E-state index is 0.00218. The predicted molar refractivity (Wildman–Crippen MR) is 112 cm³/mol. The van der Waals surface area contributed by atoms with Crippen molar-refractivity contribution in [2.45, 2.75) is 22.2 Å². The summed E-state index contributed by atoms with van der Waals surface area (Å²) in [6, 6.07) is 10.8. The number of rotatable bonds is 5. The van der Waals surface area contributed by atoms with Gasteiger partial charge in [-0.25, -0.2) is 21.5 Å². The van der Waals surface area contributed by atoms with Crippen LogP contribution in [-0.4, -0.2) is 38.3 Å². The van der Waals surface area contributed by atoms with E-state index in [-0.39, 0.29) is 28.6 Å². The number of benzene rings is 2. The fourth-order valence-electron chi connectivity index (χ4n) is 3.31. The summed E-state index contributed by atoms with van der Waals surface area (Å²) in [4.78, 5) is 12.1. The first kappa shape index (κ1) is 22.4. The van der Waals surface area contributed by atoms with Crippen LogP contribution in [0.4, 0.5) is 14.6 Å². The molecule has 0 saturated carbocycles. The van der Waals surface area contributed by atoms with Crippen molar-refractivity contribution in [3.8, 4) is 5.69 Å². The maximum Gasteiger partial charge on any atom is 0.341 e. The average Bonchev–Trinajstić information content (AvgIpc) is 3.20. The van der Waals surface area contributed by atoms with Crippen molar-refractivity contribution in [2.24, 2.45) is 0 Å². The van der Waals surface area contributed by atoms with E-state index in [1.165, 1.54) is 16.8 Å². The van der Waals surface area contributed by atoms with Crippen LogP contribution < -0.4 is 5.32 Å². The summed E-state index contributed by atoms with van der Waals surface area (Å²) in [5, 5.41) is 7.18. The molecule has 0 saturated heterocycles. The summed E-state index contributed by atoms with van der Waals surface area (Å²) in [6.07, 6.45) is 0. The van der Waals surface area contributed by atoms with Crippen molar-refractivity contribution in [2.75, 3.05) is 5.32 Å². The van der Waals surface area contributed by atoms with Crippen LogP contribution in [0.25, 0.3) is 5.69 Å². The van der Waals surface area contributed by atoms with Crippen LogP contribution in [0.1, 0.15) is 21.6 Å². The lowest BCUT2D eigenvalue weighted by Crippen LogP contribution is -2.21. The van der Waals surface area contributed by atoms with E-state index in [0.29, 0.717) is 10.7 Å². The number of sulfone groups is 2. The van der Waals surface area contributed by atoms with E-state index in [1.807, 2.05) is 0 Å². The number of hydrogen-bond donors (Lipinski definition) is 1. The van der Waals surface area contributed by atoms with E-state index in [4.69, 9.17) is 11.6 Å². The van der Waals surface area contributed by atoms with Crippen molar-refractivity contribution in [3.63, 3.8) is 0 Å². The quantitative estimate of drug-likeness (QED) is 0.574. The lowest BCUT2D eigenvalue weighted by molar-refractivity contribution is 0.102. The van der Waals surface area contributed by atoms with Crippen LogP contribution in [0.2, 0.25) is 5.02 Å². The zero-order valence-electron chi connectivity index (χ0n) is 16.0. The summed E-state index contributed by atoms with van der Waals surface area (Å²) >= 11 is 5.90. The topological polar surface area (TPSA) is 115 Å². The number of nitrogens with zero attached hydrogens (tertiary/aromatic N) is 2. The number of nitrogens with one attached hydrogen (secondary N) is 1. The molecular weight excluding hydrogens is 488 g/mol. The molecule has 0 bridgehead atoms. The smallest absolute Gasteiger partial charge is 0.306 e. The molecule has 1 aromatic heterocycles. The van der Waals surface area contributed by atoms with Gasteiger partial charge in [-0.1, -0.05) is 23.7 Å². The van der Waals surface area contributed by atoms with Crippen molar-refractivity contribution >= 4 is 43.0 Å². The molecule has 0 fully saturated rings. The van der Waals surface area contributed by atoms with E-state index in [0.717, 1.165) is 12.1 Å². The van der Waals surface area contributed by atoms with Gasteiger partial charge in [-0.3, -0.25) is 4.79 Å². The van der Waals surface area contributed by atoms with Crippen molar-refractivity contribution in [3.05, 3.63) is 70.4 Å². The molecule has 0 unspecified atom stereocenters. The molecule has 2 aromatic carbocycles. The standard InChI is InChI=1S/C19H14ClF2N3O5S2/c20-11-5-7-12(8-6-11)25-17(14-9-31(27,28)10-15(14)24-25)23-18(26)13-3-1-2-4-16(13)32(29,30)19(21)22/h1-8,19H,9-10H2,(H,23,26). The number of aromatic nitrogens is 2. The molecular formula is C19H14ClF2N3O5S2. The third-order valence-electron chi connectivity index (χ3n) is 4.76. The molecule has 1 N–H and O–H groups in total. The van der Waals surface area contributed by atoms with Gasteiger partial charge in [-0.05, 0) is 36.4 Å². The zero-order valence-corrected chi connectivity index (χ0v) is 18.4. The van der Waals surface area contributed by atoms with Crippen molar-refractivity contribution in [1.29, 1.82) is 0 Å². The monoisotopic (exact) mass is 501 g/mol. The van der Waals surface area contributed by atoms with Gasteiger partial charge in [-0.15, -0.1) is 0 Å². The Labute approximate surface area is 186 Å². The van der Waals surface area contributed by atoms with Gasteiger partial charge in [0.2, 0.25) is 9.84 Å². The Morgan fingerprint density at radius 1 is 1.09 bits per heavy atom. The molecule has 4 rings (SSSR count). The number of carbonyl (C=O) groups excluding carboxylic acids is 1. The first-order valence-corrected chi connectivity index (χ1v) is 12.7. The van der Waals surface area contributed by atoms with Crippen molar-refractivity contribution in [1.82, 2.24) is 9.78 Å². The molecule has 3 aromatic rings. The summed E-state index contributed by atoms with van der Waals surface area (Å²) in [7, 11) is -8.53. The largest absolute Gasteiger partial charge is 0.341 e. The SMILES string of the molecule is O=C(Nc1c2c(nn1-c1ccc(Cl)cc1)CS(=O)(=O)C2)c1ccccc1S(=O)(=O)C(F)F. The van der Waals surface area contributed by atoms with Crippen LogP contribution in [0.5, 0.6) is 0 Å². The summed E-state index contributed by atoms with van der Waals surface area (Å²) in [5.74, 6) is -5.44. The Balaban J connectivity index is 1.81. The second-order valence-electron chi connectivity index (χ2n) is 6.95. The Bertz CT molecular complexity index is 1440. The number of fused-ring (bicyclic) bond motifs is 1. The number of halogens is 3. The molecule has 0 atom stereocenters. The van der Waals surface area contributed by atoms with Crippen LogP contribution in [-0.2, 0) is 31.2 Å². The van der Waals surface area contributed by atoms with E-state index in [1.54, 1.807) is 24.3 Å². The lowest BCUT2D eigenvalue weighted by Gasteiger charge is -2.13. The van der Waals surface area contributed by atoms with E-state index in [9.17, 15) is 30.4 Å². The highest BCUT2D eigenvalue weighted by molar-refractivity contribution is 7.91. The van der Waals surface area contributed by atoms with Gasteiger partial charge in [0, 0.05) is 10.6 Å². The summed E-state index contributed by atoms with van der Waals surface area (Å²) < 4.78 is 75.6. The minimum Gasteiger partial charge on any atom is -0.306 e. The molecule has 1 aliphatic heterocycles. The molecule has 0 spiro atoms. The number of anilines is 1. The van der Waals surface area contributed by atoms with Gasteiger partial charge in [0.05, 0.1) is 33.3 Å². The van der Waals surface area contributed by atoms with Crippen LogP contribution in [0, 0.1) is 0 Å². The van der Waals surface area contributed by atoms with Gasteiger partial charge in [-0.2, -0.15) is 13.9 Å². The van der Waals surface area contributed by atoms with E-state index >= 15 is 0 Å².